The number of halogens is 2. The van der Waals surface area contributed by atoms with Gasteiger partial charge in [-0.3, -0.25) is 14.5 Å². The molecular weight excluding hydrogens is 465 g/mol. The van der Waals surface area contributed by atoms with Crippen LogP contribution in [0.15, 0.2) is 54.7 Å². The summed E-state index contributed by atoms with van der Waals surface area (Å²) < 4.78 is 1.53. The molecule has 5 rings (SSSR count). The van der Waals surface area contributed by atoms with Crippen LogP contribution in [0, 0.1) is 0 Å². The van der Waals surface area contributed by atoms with Crippen LogP contribution in [0.4, 0.5) is 10.6 Å². The smallest absolute Gasteiger partial charge is 0.319 e. The standard InChI is InChI=1S/C23H19Cl2N5O3/c24-17-6-3-7-18(25)15(17)12-30-19(9-11-26-30)27-20(31)13-29-21(32)23(28-22(29)33)10-8-14-4-1-2-5-16(14)23/h1-7,9,11H,8,10,12-13H2,(H,27,31)(H,28,33). The molecule has 1 atom stereocenters. The highest BCUT2D eigenvalue weighted by atomic mass is 35.5. The second-order valence-electron chi connectivity index (χ2n) is 8.01. The maximum absolute atomic E-state index is 13.2. The summed E-state index contributed by atoms with van der Waals surface area (Å²) in [4.78, 5) is 39.6. The number of urea groups is 1. The number of carbonyl (C=O) groups is 3. The van der Waals surface area contributed by atoms with Gasteiger partial charge in [0.1, 0.15) is 17.9 Å². The number of nitrogens with one attached hydrogen (secondary N) is 2. The number of hydrogen-bond donors (Lipinski definition) is 2. The maximum Gasteiger partial charge on any atom is 0.325 e. The average Bonchev–Trinajstić information content (AvgIpc) is 3.45. The van der Waals surface area contributed by atoms with Crippen LogP contribution in [0.1, 0.15) is 23.1 Å². The van der Waals surface area contributed by atoms with Gasteiger partial charge < -0.3 is 10.6 Å². The van der Waals surface area contributed by atoms with E-state index in [1.54, 1.807) is 24.3 Å². The Kier molecular flexibility index (Phi) is 5.34. The number of imide groups is 1. The first-order valence-corrected chi connectivity index (χ1v) is 11.1. The van der Waals surface area contributed by atoms with Gasteiger partial charge in [-0.25, -0.2) is 9.48 Å². The molecule has 33 heavy (non-hydrogen) atoms. The highest BCUT2D eigenvalue weighted by molar-refractivity contribution is 6.36. The Balaban J connectivity index is 1.31. The Labute approximate surface area is 199 Å². The molecule has 0 radical (unpaired) electrons. The summed E-state index contributed by atoms with van der Waals surface area (Å²) in [7, 11) is 0. The van der Waals surface area contributed by atoms with E-state index in [1.807, 2.05) is 24.3 Å². The quantitative estimate of drug-likeness (QED) is 0.542. The second-order valence-corrected chi connectivity index (χ2v) is 8.82. The first-order valence-electron chi connectivity index (χ1n) is 10.4. The minimum atomic E-state index is -1.10. The molecule has 1 aliphatic heterocycles. The summed E-state index contributed by atoms with van der Waals surface area (Å²) in [6.07, 6.45) is 2.69. The molecule has 0 bridgehead atoms. The van der Waals surface area contributed by atoms with E-state index in [1.165, 1.54) is 10.9 Å². The summed E-state index contributed by atoms with van der Waals surface area (Å²) in [5.74, 6) is -0.540. The van der Waals surface area contributed by atoms with Crippen LogP contribution < -0.4 is 10.6 Å². The third-order valence-corrected chi connectivity index (χ3v) is 6.79. The SMILES string of the molecule is O=C(CN1C(=O)NC2(CCc3ccccc32)C1=O)Nc1ccnn1Cc1c(Cl)cccc1Cl. The van der Waals surface area contributed by atoms with E-state index < -0.39 is 29.9 Å². The molecule has 1 fully saturated rings. The van der Waals surface area contributed by atoms with Crippen molar-refractivity contribution in [3.63, 3.8) is 0 Å². The predicted molar refractivity (Wildman–Crippen MR) is 123 cm³/mol. The molecule has 1 unspecified atom stereocenters. The van der Waals surface area contributed by atoms with Crippen molar-refractivity contribution in [2.24, 2.45) is 0 Å². The molecule has 1 spiro atoms. The van der Waals surface area contributed by atoms with Crippen molar-refractivity contribution in [1.82, 2.24) is 20.0 Å². The molecule has 10 heteroatoms. The predicted octanol–water partition coefficient (Wildman–Crippen LogP) is 3.57. The molecule has 1 aromatic heterocycles. The second kappa shape index (κ2) is 8.20. The van der Waals surface area contributed by atoms with Gasteiger partial charge in [-0.2, -0.15) is 5.10 Å². The number of carbonyl (C=O) groups excluding carboxylic acids is 3. The normalized spacial score (nSPS) is 19.2. The Morgan fingerprint density at radius 2 is 1.85 bits per heavy atom. The molecule has 2 heterocycles. The Morgan fingerprint density at radius 3 is 2.64 bits per heavy atom. The highest BCUT2D eigenvalue weighted by Crippen LogP contribution is 2.41. The summed E-state index contributed by atoms with van der Waals surface area (Å²) in [5.41, 5.74) is 1.38. The van der Waals surface area contributed by atoms with E-state index >= 15 is 0 Å². The molecule has 1 saturated heterocycles. The van der Waals surface area contributed by atoms with Gasteiger partial charge in [0.2, 0.25) is 5.91 Å². The van der Waals surface area contributed by atoms with Crippen LogP contribution in [-0.2, 0) is 28.1 Å². The van der Waals surface area contributed by atoms with Crippen LogP contribution in [0.25, 0.3) is 0 Å². The molecule has 2 N–H and O–H groups in total. The van der Waals surface area contributed by atoms with Crippen LogP contribution in [0.5, 0.6) is 0 Å². The van der Waals surface area contributed by atoms with Crippen molar-refractivity contribution in [3.8, 4) is 0 Å². The van der Waals surface area contributed by atoms with E-state index in [9.17, 15) is 14.4 Å². The summed E-state index contributed by atoms with van der Waals surface area (Å²) in [5, 5.41) is 10.7. The largest absolute Gasteiger partial charge is 0.325 e. The van der Waals surface area contributed by atoms with Gasteiger partial charge in [0.05, 0.1) is 12.7 Å². The van der Waals surface area contributed by atoms with Crippen molar-refractivity contribution in [2.45, 2.75) is 24.9 Å². The Morgan fingerprint density at radius 1 is 1.09 bits per heavy atom. The van der Waals surface area contributed by atoms with Gasteiger partial charge in [0.15, 0.2) is 0 Å². The van der Waals surface area contributed by atoms with E-state index in [4.69, 9.17) is 23.2 Å². The molecular formula is C23H19Cl2N5O3. The van der Waals surface area contributed by atoms with Gasteiger partial charge >= 0.3 is 6.03 Å². The number of hydrogen-bond acceptors (Lipinski definition) is 4. The van der Waals surface area contributed by atoms with Crippen molar-refractivity contribution in [3.05, 3.63) is 81.5 Å². The zero-order chi connectivity index (χ0) is 23.2. The third kappa shape index (κ3) is 3.65. The lowest BCUT2D eigenvalue weighted by molar-refractivity contribution is -0.134. The maximum atomic E-state index is 13.2. The van der Waals surface area contributed by atoms with Crippen LogP contribution in [0.3, 0.4) is 0 Å². The Bertz CT molecular complexity index is 1270. The number of rotatable bonds is 5. The van der Waals surface area contributed by atoms with Crippen LogP contribution in [-0.4, -0.2) is 39.1 Å². The van der Waals surface area contributed by atoms with E-state index in [2.05, 4.69) is 15.7 Å². The van der Waals surface area contributed by atoms with Gasteiger partial charge in [-0.15, -0.1) is 0 Å². The average molecular weight is 484 g/mol. The third-order valence-electron chi connectivity index (χ3n) is 6.08. The monoisotopic (exact) mass is 483 g/mol. The highest BCUT2D eigenvalue weighted by Gasteiger charge is 2.55. The lowest BCUT2D eigenvalue weighted by Crippen LogP contribution is -2.43. The summed E-state index contributed by atoms with van der Waals surface area (Å²) in [6.45, 7) is -0.170. The lowest BCUT2D eigenvalue weighted by Gasteiger charge is -2.22. The number of fused-ring (bicyclic) bond motifs is 2. The molecule has 2 aliphatic rings. The summed E-state index contributed by atoms with van der Waals surface area (Å²) >= 11 is 12.5. The zero-order valence-electron chi connectivity index (χ0n) is 17.3. The topological polar surface area (TPSA) is 96.3 Å². The van der Waals surface area contributed by atoms with Gasteiger partial charge in [-0.1, -0.05) is 53.5 Å². The number of aryl methyl sites for hydroxylation is 1. The fourth-order valence-electron chi connectivity index (χ4n) is 4.46. The van der Waals surface area contributed by atoms with Crippen LogP contribution >= 0.6 is 23.2 Å². The van der Waals surface area contributed by atoms with Crippen molar-refractivity contribution < 1.29 is 14.4 Å². The molecule has 0 saturated carbocycles. The van der Waals surface area contributed by atoms with E-state index in [0.717, 1.165) is 16.0 Å². The fourth-order valence-corrected chi connectivity index (χ4v) is 4.97. The van der Waals surface area contributed by atoms with Crippen LogP contribution in [0.2, 0.25) is 10.0 Å². The molecule has 168 valence electrons. The van der Waals surface area contributed by atoms with Gasteiger partial charge in [-0.05, 0) is 36.1 Å². The van der Waals surface area contributed by atoms with Crippen molar-refractivity contribution in [2.75, 3.05) is 11.9 Å². The number of nitrogens with zero attached hydrogens (tertiary/aromatic N) is 3. The molecule has 8 nitrogen and oxygen atoms in total. The van der Waals surface area contributed by atoms with Crippen molar-refractivity contribution >= 4 is 46.9 Å². The zero-order valence-corrected chi connectivity index (χ0v) is 18.9. The van der Waals surface area contributed by atoms with Gasteiger partial charge in [0, 0.05) is 21.7 Å². The van der Waals surface area contributed by atoms with Gasteiger partial charge in [0.25, 0.3) is 5.91 Å². The summed E-state index contributed by atoms with van der Waals surface area (Å²) in [6, 6.07) is 13.8. The first kappa shape index (κ1) is 21.5. The Hall–Kier alpha value is -3.36. The number of benzene rings is 2. The molecule has 3 aromatic rings. The van der Waals surface area contributed by atoms with E-state index in [-0.39, 0.29) is 6.54 Å². The number of amides is 4. The first-order chi connectivity index (χ1) is 15.9. The number of aromatic nitrogens is 2. The van der Waals surface area contributed by atoms with Crippen molar-refractivity contribution in [1.29, 1.82) is 0 Å². The molecule has 1 aliphatic carbocycles. The van der Waals surface area contributed by atoms with E-state index in [0.29, 0.717) is 34.3 Å². The molecule has 4 amide bonds. The number of anilines is 1. The fraction of sp³-hybridized carbons (Fsp3) is 0.217. The minimum Gasteiger partial charge on any atom is -0.319 e. The lowest BCUT2D eigenvalue weighted by atomic mass is 9.92. The minimum absolute atomic E-state index is 0.240. The molecule has 2 aromatic carbocycles.